The van der Waals surface area contributed by atoms with Crippen LogP contribution in [0.5, 0.6) is 0 Å². The van der Waals surface area contributed by atoms with E-state index in [4.69, 9.17) is 4.74 Å². The SMILES string of the molecule is CC(C)[C@](O)(C(=O)O[C@@H]1CCN2CC=C(CO)[C@H]12)[C@H](C)O. The van der Waals surface area contributed by atoms with Crippen LogP contribution in [0, 0.1) is 5.92 Å². The van der Waals surface area contributed by atoms with Gasteiger partial charge in [0.05, 0.1) is 18.8 Å². The summed E-state index contributed by atoms with van der Waals surface area (Å²) >= 11 is 0. The molecule has 0 radical (unpaired) electrons. The molecular formula is C15H25NO5. The van der Waals surface area contributed by atoms with Crippen LogP contribution >= 0.6 is 0 Å². The maximum Gasteiger partial charge on any atom is 0.341 e. The van der Waals surface area contributed by atoms with E-state index in [1.807, 2.05) is 6.08 Å². The van der Waals surface area contributed by atoms with Gasteiger partial charge < -0.3 is 20.1 Å². The summed E-state index contributed by atoms with van der Waals surface area (Å²) in [4.78, 5) is 14.5. The van der Waals surface area contributed by atoms with Crippen molar-refractivity contribution in [1.29, 1.82) is 0 Å². The lowest BCUT2D eigenvalue weighted by Gasteiger charge is -2.34. The van der Waals surface area contributed by atoms with Gasteiger partial charge in [-0.3, -0.25) is 4.90 Å². The van der Waals surface area contributed by atoms with E-state index in [9.17, 15) is 20.1 Å². The predicted octanol–water partition coefficient (Wildman–Crippen LogP) is -0.327. The van der Waals surface area contributed by atoms with Crippen LogP contribution in [0.15, 0.2) is 11.6 Å². The lowest BCUT2D eigenvalue weighted by molar-refractivity contribution is -0.190. The number of rotatable bonds is 5. The van der Waals surface area contributed by atoms with E-state index < -0.39 is 23.6 Å². The van der Waals surface area contributed by atoms with Gasteiger partial charge in [0, 0.05) is 13.1 Å². The molecule has 0 aromatic heterocycles. The van der Waals surface area contributed by atoms with E-state index in [0.29, 0.717) is 6.42 Å². The van der Waals surface area contributed by atoms with E-state index in [0.717, 1.165) is 18.7 Å². The Balaban J connectivity index is 2.11. The zero-order chi connectivity index (χ0) is 15.8. The molecule has 2 rings (SSSR count). The molecule has 4 atom stereocenters. The fourth-order valence-electron chi connectivity index (χ4n) is 3.26. The smallest absolute Gasteiger partial charge is 0.341 e. The van der Waals surface area contributed by atoms with Crippen molar-refractivity contribution in [3.8, 4) is 0 Å². The molecule has 0 saturated carbocycles. The van der Waals surface area contributed by atoms with Crippen molar-refractivity contribution in [3.05, 3.63) is 11.6 Å². The van der Waals surface area contributed by atoms with Crippen molar-refractivity contribution in [3.63, 3.8) is 0 Å². The van der Waals surface area contributed by atoms with Crippen molar-refractivity contribution in [1.82, 2.24) is 4.90 Å². The Kier molecular flexibility index (Phi) is 4.72. The molecule has 6 heteroatoms. The summed E-state index contributed by atoms with van der Waals surface area (Å²) in [7, 11) is 0. The molecule has 21 heavy (non-hydrogen) atoms. The van der Waals surface area contributed by atoms with Gasteiger partial charge in [-0.1, -0.05) is 19.9 Å². The highest BCUT2D eigenvalue weighted by molar-refractivity contribution is 5.80. The van der Waals surface area contributed by atoms with E-state index >= 15 is 0 Å². The summed E-state index contributed by atoms with van der Waals surface area (Å²) in [5, 5.41) is 29.6. The summed E-state index contributed by atoms with van der Waals surface area (Å²) in [6.45, 7) is 6.21. The Hall–Kier alpha value is -0.950. The molecule has 2 heterocycles. The molecule has 0 aromatic carbocycles. The largest absolute Gasteiger partial charge is 0.458 e. The lowest BCUT2D eigenvalue weighted by atomic mass is 9.85. The monoisotopic (exact) mass is 299 g/mol. The van der Waals surface area contributed by atoms with E-state index in [1.54, 1.807) is 13.8 Å². The zero-order valence-corrected chi connectivity index (χ0v) is 12.8. The molecule has 0 spiro atoms. The normalized spacial score (nSPS) is 30.0. The Morgan fingerprint density at radius 2 is 2.19 bits per heavy atom. The summed E-state index contributed by atoms with van der Waals surface area (Å²) in [6, 6.07) is -0.107. The minimum Gasteiger partial charge on any atom is -0.458 e. The van der Waals surface area contributed by atoms with Crippen LogP contribution in [0.1, 0.15) is 27.2 Å². The van der Waals surface area contributed by atoms with Crippen LogP contribution in [0.2, 0.25) is 0 Å². The van der Waals surface area contributed by atoms with Gasteiger partial charge in [-0.15, -0.1) is 0 Å². The van der Waals surface area contributed by atoms with Gasteiger partial charge in [0.25, 0.3) is 0 Å². The molecule has 0 amide bonds. The summed E-state index contributed by atoms with van der Waals surface area (Å²) in [5.41, 5.74) is -1.05. The second-order valence-electron chi connectivity index (χ2n) is 6.27. The number of carbonyl (C=O) groups excluding carboxylic acids is 1. The number of aliphatic hydroxyl groups excluding tert-OH is 2. The molecule has 0 bridgehead atoms. The van der Waals surface area contributed by atoms with E-state index in [2.05, 4.69) is 4.90 Å². The fourth-order valence-corrected chi connectivity index (χ4v) is 3.26. The predicted molar refractivity (Wildman–Crippen MR) is 76.5 cm³/mol. The Labute approximate surface area is 125 Å². The maximum absolute atomic E-state index is 12.4. The van der Waals surface area contributed by atoms with E-state index in [1.165, 1.54) is 6.92 Å². The topological polar surface area (TPSA) is 90.2 Å². The first-order valence-electron chi connectivity index (χ1n) is 7.47. The average Bonchev–Trinajstić information content (AvgIpc) is 2.99. The number of aliphatic hydroxyl groups is 3. The first-order valence-corrected chi connectivity index (χ1v) is 7.47. The second kappa shape index (κ2) is 6.04. The van der Waals surface area contributed by atoms with Gasteiger partial charge in [0.1, 0.15) is 6.10 Å². The average molecular weight is 299 g/mol. The van der Waals surface area contributed by atoms with Gasteiger partial charge in [-0.25, -0.2) is 4.79 Å². The number of hydrogen-bond acceptors (Lipinski definition) is 6. The van der Waals surface area contributed by atoms with Crippen molar-refractivity contribution in [2.45, 2.75) is 51.0 Å². The highest BCUT2D eigenvalue weighted by Gasteiger charge is 2.49. The number of carbonyl (C=O) groups is 1. The number of nitrogens with zero attached hydrogens (tertiary/aromatic N) is 1. The molecule has 0 unspecified atom stereocenters. The first kappa shape index (κ1) is 16.4. The first-order chi connectivity index (χ1) is 9.82. The van der Waals surface area contributed by atoms with Crippen molar-refractivity contribution < 1.29 is 24.9 Å². The van der Waals surface area contributed by atoms with Crippen molar-refractivity contribution in [2.24, 2.45) is 5.92 Å². The van der Waals surface area contributed by atoms with Crippen LogP contribution < -0.4 is 0 Å². The molecule has 0 aromatic rings. The Bertz CT molecular complexity index is 424. The molecule has 120 valence electrons. The molecular weight excluding hydrogens is 274 g/mol. The van der Waals surface area contributed by atoms with Gasteiger partial charge in [-0.05, 0) is 24.8 Å². The number of hydrogen-bond donors (Lipinski definition) is 3. The van der Waals surface area contributed by atoms with Gasteiger partial charge in [0.2, 0.25) is 0 Å². The molecule has 6 nitrogen and oxygen atoms in total. The fraction of sp³-hybridized carbons (Fsp3) is 0.800. The quantitative estimate of drug-likeness (QED) is 0.476. The molecule has 2 aliphatic heterocycles. The standard InChI is InChI=1S/C15H25NO5/c1-9(2)15(20,10(3)18)14(19)21-12-5-7-16-6-4-11(8-17)13(12)16/h4,9-10,12-13,17-18,20H,5-8H2,1-3H3/t10-,12+,13+,15+/m0/s1. The summed E-state index contributed by atoms with van der Waals surface area (Å²) < 4.78 is 5.50. The molecule has 3 N–H and O–H groups in total. The van der Waals surface area contributed by atoms with Crippen LogP contribution in [0.3, 0.4) is 0 Å². The summed E-state index contributed by atoms with van der Waals surface area (Å²) in [5.74, 6) is -1.25. The maximum atomic E-state index is 12.4. The van der Waals surface area contributed by atoms with Crippen LogP contribution in [0.4, 0.5) is 0 Å². The van der Waals surface area contributed by atoms with Crippen molar-refractivity contribution >= 4 is 5.97 Å². The zero-order valence-electron chi connectivity index (χ0n) is 12.8. The Morgan fingerprint density at radius 1 is 1.52 bits per heavy atom. The highest BCUT2D eigenvalue weighted by Crippen LogP contribution is 2.33. The van der Waals surface area contributed by atoms with Gasteiger partial charge >= 0.3 is 5.97 Å². The third-order valence-electron chi connectivity index (χ3n) is 4.70. The highest BCUT2D eigenvalue weighted by atomic mass is 16.6. The number of esters is 1. The van der Waals surface area contributed by atoms with Crippen molar-refractivity contribution in [2.75, 3.05) is 19.7 Å². The lowest BCUT2D eigenvalue weighted by Crippen LogP contribution is -2.54. The number of fused-ring (bicyclic) bond motifs is 1. The van der Waals surface area contributed by atoms with Crippen LogP contribution in [-0.2, 0) is 9.53 Å². The summed E-state index contributed by atoms with van der Waals surface area (Å²) in [6.07, 6.45) is 1.02. The molecule has 1 fully saturated rings. The minimum atomic E-state index is -1.91. The van der Waals surface area contributed by atoms with Gasteiger partial charge in [-0.2, -0.15) is 0 Å². The van der Waals surface area contributed by atoms with E-state index in [-0.39, 0.29) is 18.8 Å². The third kappa shape index (κ3) is 2.73. The molecule has 2 aliphatic rings. The Morgan fingerprint density at radius 3 is 2.71 bits per heavy atom. The minimum absolute atomic E-state index is 0.0555. The third-order valence-corrected chi connectivity index (χ3v) is 4.70. The van der Waals surface area contributed by atoms with Crippen LogP contribution in [-0.4, -0.2) is 69.7 Å². The van der Waals surface area contributed by atoms with Crippen LogP contribution in [0.25, 0.3) is 0 Å². The molecule has 0 aliphatic carbocycles. The second-order valence-corrected chi connectivity index (χ2v) is 6.27. The number of ether oxygens (including phenoxy) is 1. The van der Waals surface area contributed by atoms with Gasteiger partial charge in [0.15, 0.2) is 5.60 Å². The molecule has 1 saturated heterocycles.